The molecule has 0 spiro atoms. The Balaban J connectivity index is 2.53. The van der Waals surface area contributed by atoms with Crippen LogP contribution in [-0.4, -0.2) is 39.4 Å². The molecule has 58 valence electrons. The van der Waals surface area contributed by atoms with Crippen molar-refractivity contribution in [3.63, 3.8) is 0 Å². The van der Waals surface area contributed by atoms with E-state index in [1.54, 1.807) is 0 Å². The second-order valence-electron chi connectivity index (χ2n) is 2.33. The van der Waals surface area contributed by atoms with E-state index in [0.29, 0.717) is 13.1 Å². The molecule has 1 aliphatic heterocycles. The molecule has 1 aliphatic rings. The maximum Gasteiger partial charge on any atom is 0.206 e. The molecule has 1 N–H and O–H groups in total. The van der Waals surface area contributed by atoms with E-state index in [2.05, 4.69) is 14.0 Å². The van der Waals surface area contributed by atoms with Crippen LogP contribution in [-0.2, 0) is 10.0 Å². The molecular weight excluding hydrogens is 170 g/mol. The van der Waals surface area contributed by atoms with E-state index in [9.17, 15) is 8.42 Å². The van der Waals surface area contributed by atoms with Crippen LogP contribution in [0.4, 0.5) is 0 Å². The maximum atomic E-state index is 11.0. The third kappa shape index (κ3) is 1.50. The number of rotatable bonds is 2. The monoisotopic (exact) mass is 180 g/mol. The molecule has 0 saturated carbocycles. The Labute approximate surface area is 64.1 Å². The normalized spacial score (nSPS) is 22.5. The summed E-state index contributed by atoms with van der Waals surface area (Å²) in [4.78, 5) is 0. The molecule has 0 aromatic carbocycles. The summed E-state index contributed by atoms with van der Waals surface area (Å²) < 4.78 is 26.1. The first-order valence-corrected chi connectivity index (χ1v) is 5.04. The van der Waals surface area contributed by atoms with Crippen LogP contribution in [0.15, 0.2) is 0 Å². The SMILES string of the molecule is BNS(=O)(=O)C1CN(P)C1. The molecule has 4 nitrogen and oxygen atoms in total. The van der Waals surface area contributed by atoms with Crippen LogP contribution in [0.3, 0.4) is 0 Å². The summed E-state index contributed by atoms with van der Waals surface area (Å²) in [6, 6.07) is 0. The van der Waals surface area contributed by atoms with E-state index in [4.69, 9.17) is 0 Å². The van der Waals surface area contributed by atoms with Crippen molar-refractivity contribution in [3.8, 4) is 0 Å². The fourth-order valence-corrected chi connectivity index (χ4v) is 2.76. The van der Waals surface area contributed by atoms with Gasteiger partial charge in [-0.2, -0.15) is 0 Å². The molecule has 1 heterocycles. The van der Waals surface area contributed by atoms with Crippen molar-refractivity contribution in [1.82, 2.24) is 9.30 Å². The lowest BCUT2D eigenvalue weighted by Crippen LogP contribution is -2.52. The van der Waals surface area contributed by atoms with Crippen LogP contribution >= 0.6 is 9.39 Å². The summed E-state index contributed by atoms with van der Waals surface area (Å²) >= 11 is 0. The van der Waals surface area contributed by atoms with Crippen molar-refractivity contribution in [2.45, 2.75) is 5.25 Å². The van der Waals surface area contributed by atoms with Gasteiger partial charge in [-0.3, -0.25) is 9.30 Å². The van der Waals surface area contributed by atoms with Crippen molar-refractivity contribution in [3.05, 3.63) is 0 Å². The maximum absolute atomic E-state index is 11.0. The van der Waals surface area contributed by atoms with Gasteiger partial charge in [0.2, 0.25) is 18.0 Å². The molecule has 1 atom stereocenters. The lowest BCUT2D eigenvalue weighted by molar-refractivity contribution is 0.340. The van der Waals surface area contributed by atoms with Gasteiger partial charge in [0.15, 0.2) is 0 Å². The fraction of sp³-hybridized carbons (Fsp3) is 1.00. The van der Waals surface area contributed by atoms with Crippen molar-refractivity contribution in [1.29, 1.82) is 0 Å². The first kappa shape index (κ1) is 8.46. The molecule has 0 aromatic heterocycles. The standard InChI is InChI=1S/C3H10BN2O2PS/c4-5-10(7,8)3-1-6(9)2-3/h3,5H,1-2,4,9H2. The third-order valence-corrected chi connectivity index (χ3v) is 3.77. The van der Waals surface area contributed by atoms with Crippen LogP contribution in [0.2, 0.25) is 0 Å². The second-order valence-corrected chi connectivity index (χ2v) is 5.22. The Hall–Kier alpha value is 0.365. The number of hydrogen-bond acceptors (Lipinski definition) is 3. The van der Waals surface area contributed by atoms with E-state index >= 15 is 0 Å². The average Bonchev–Trinajstić information content (AvgIpc) is 1.81. The highest BCUT2D eigenvalue weighted by Crippen LogP contribution is 2.17. The van der Waals surface area contributed by atoms with Gasteiger partial charge in [0.1, 0.15) is 5.25 Å². The highest BCUT2D eigenvalue weighted by atomic mass is 32.2. The van der Waals surface area contributed by atoms with Crippen LogP contribution in [0.5, 0.6) is 0 Å². The van der Waals surface area contributed by atoms with E-state index in [0.717, 1.165) is 0 Å². The van der Waals surface area contributed by atoms with Crippen molar-refractivity contribution in [2.24, 2.45) is 0 Å². The first-order valence-electron chi connectivity index (χ1n) is 2.98. The zero-order valence-corrected chi connectivity index (χ0v) is 7.71. The van der Waals surface area contributed by atoms with Crippen LogP contribution in [0.25, 0.3) is 0 Å². The van der Waals surface area contributed by atoms with Crippen molar-refractivity contribution >= 4 is 27.4 Å². The number of nitrogens with one attached hydrogen (secondary N) is 1. The highest BCUT2D eigenvalue weighted by molar-refractivity contribution is 7.91. The summed E-state index contributed by atoms with van der Waals surface area (Å²) in [5.74, 6) is 0. The first-order chi connectivity index (χ1) is 4.56. The van der Waals surface area contributed by atoms with E-state index < -0.39 is 10.0 Å². The molecule has 0 radical (unpaired) electrons. The summed E-state index contributed by atoms with van der Waals surface area (Å²) in [6.07, 6.45) is 0. The topological polar surface area (TPSA) is 49.4 Å². The van der Waals surface area contributed by atoms with Crippen LogP contribution in [0.1, 0.15) is 0 Å². The Bertz CT molecular complexity index is 213. The Morgan fingerprint density at radius 1 is 1.60 bits per heavy atom. The Kier molecular flexibility index (Phi) is 2.35. The predicted octanol–water partition coefficient (Wildman–Crippen LogP) is -2.07. The van der Waals surface area contributed by atoms with Gasteiger partial charge >= 0.3 is 0 Å². The predicted molar refractivity (Wildman–Crippen MR) is 45.7 cm³/mol. The lowest BCUT2D eigenvalue weighted by atomic mass is 10.3. The molecule has 1 saturated heterocycles. The largest absolute Gasteiger partial charge is 0.285 e. The number of hydrogen-bond donors (Lipinski definition) is 1. The van der Waals surface area contributed by atoms with Gasteiger partial charge in [-0.1, -0.05) is 9.39 Å². The highest BCUT2D eigenvalue weighted by Gasteiger charge is 2.33. The lowest BCUT2D eigenvalue weighted by Gasteiger charge is -2.34. The van der Waals surface area contributed by atoms with Crippen LogP contribution in [0, 0.1) is 0 Å². The molecule has 1 rings (SSSR count). The smallest absolute Gasteiger partial charge is 0.206 e. The molecule has 10 heavy (non-hydrogen) atoms. The molecule has 0 amide bonds. The van der Waals surface area contributed by atoms with E-state index in [1.807, 2.05) is 4.67 Å². The van der Waals surface area contributed by atoms with Crippen LogP contribution < -0.4 is 4.63 Å². The quantitative estimate of drug-likeness (QED) is 0.392. The van der Waals surface area contributed by atoms with Gasteiger partial charge in [0, 0.05) is 13.1 Å². The van der Waals surface area contributed by atoms with Gasteiger partial charge < -0.3 is 0 Å². The summed E-state index contributed by atoms with van der Waals surface area (Å²) in [5, 5.41) is -0.213. The molecule has 0 bridgehead atoms. The second kappa shape index (κ2) is 2.78. The van der Waals surface area contributed by atoms with Gasteiger partial charge in [-0.25, -0.2) is 8.42 Å². The van der Waals surface area contributed by atoms with Gasteiger partial charge in [-0.15, -0.1) is 0 Å². The minimum absolute atomic E-state index is 0.213. The molecule has 0 aliphatic carbocycles. The zero-order chi connectivity index (χ0) is 7.78. The van der Waals surface area contributed by atoms with Gasteiger partial charge in [-0.05, 0) is 0 Å². The van der Waals surface area contributed by atoms with Crippen molar-refractivity contribution in [2.75, 3.05) is 13.1 Å². The summed E-state index contributed by atoms with van der Waals surface area (Å²) in [6.45, 7) is 1.24. The zero-order valence-electron chi connectivity index (χ0n) is 5.74. The summed E-state index contributed by atoms with van der Waals surface area (Å²) in [5.41, 5.74) is 0. The fourth-order valence-electron chi connectivity index (χ4n) is 0.833. The van der Waals surface area contributed by atoms with Crippen molar-refractivity contribution < 1.29 is 8.42 Å². The molecular formula is C3H10BN2O2PS. The minimum atomic E-state index is -3.00. The number of nitrogens with zero attached hydrogens (tertiary/aromatic N) is 1. The molecule has 7 heteroatoms. The molecule has 1 fully saturated rings. The van der Waals surface area contributed by atoms with E-state index in [1.165, 1.54) is 7.98 Å². The summed E-state index contributed by atoms with van der Waals surface area (Å²) in [7, 11) is 0.910. The molecule has 0 aromatic rings. The van der Waals surface area contributed by atoms with Gasteiger partial charge in [0.25, 0.3) is 0 Å². The Morgan fingerprint density at radius 3 is 2.40 bits per heavy atom. The minimum Gasteiger partial charge on any atom is -0.285 e. The third-order valence-electron chi connectivity index (χ3n) is 1.60. The Morgan fingerprint density at radius 2 is 2.10 bits per heavy atom. The number of sulfonamides is 1. The van der Waals surface area contributed by atoms with Gasteiger partial charge in [0.05, 0.1) is 0 Å². The molecule has 1 unspecified atom stereocenters. The average molecular weight is 180 g/mol. The van der Waals surface area contributed by atoms with E-state index in [-0.39, 0.29) is 5.25 Å².